The minimum atomic E-state index is -0.0556. The van der Waals surface area contributed by atoms with E-state index in [0.29, 0.717) is 0 Å². The fraction of sp³-hybridized carbons (Fsp3) is 0.875. The summed E-state index contributed by atoms with van der Waals surface area (Å²) >= 11 is 0. The normalized spacial score (nSPS) is 13.4. The molecule has 0 saturated carbocycles. The second-order valence-corrected chi connectivity index (χ2v) is 4.61. The van der Waals surface area contributed by atoms with Crippen LogP contribution >= 0.6 is 0 Å². The fourth-order valence-electron chi connectivity index (χ4n) is 0.762. The number of hydrogen-bond acceptors (Lipinski definition) is 3. The second-order valence-electron chi connectivity index (χ2n) is 4.61. The molecule has 0 amide bonds. The van der Waals surface area contributed by atoms with Crippen molar-refractivity contribution in [1.82, 2.24) is 20.6 Å². The third kappa shape index (κ3) is 1.33. The van der Waals surface area contributed by atoms with Gasteiger partial charge in [0.2, 0.25) is 0 Å². The topological polar surface area (TPSA) is 54.5 Å². The molecule has 0 fully saturated rings. The quantitative estimate of drug-likeness (QED) is 0.691. The van der Waals surface area contributed by atoms with Crippen LogP contribution in [0.2, 0.25) is 0 Å². The van der Waals surface area contributed by atoms with E-state index in [4.69, 9.17) is 0 Å². The number of aromatic amines is 1. The molecule has 0 radical (unpaired) electrons. The summed E-state index contributed by atoms with van der Waals surface area (Å²) in [4.78, 5) is 0. The Bertz CT molecular complexity index is 243. The van der Waals surface area contributed by atoms with Crippen LogP contribution in [0.5, 0.6) is 0 Å². The Morgan fingerprint density at radius 1 is 1.08 bits per heavy atom. The first-order valence-electron chi connectivity index (χ1n) is 4.09. The van der Waals surface area contributed by atoms with Crippen molar-refractivity contribution in [2.45, 2.75) is 40.0 Å². The Labute approximate surface area is 72.8 Å². The van der Waals surface area contributed by atoms with Gasteiger partial charge in [0.1, 0.15) is 0 Å². The molecule has 0 unspecified atom stereocenters. The third-order valence-electron chi connectivity index (χ3n) is 2.78. The molecule has 0 aliphatic heterocycles. The molecule has 0 spiro atoms. The summed E-state index contributed by atoms with van der Waals surface area (Å²) in [6, 6.07) is 0. The molecule has 4 nitrogen and oxygen atoms in total. The van der Waals surface area contributed by atoms with Crippen LogP contribution in [0.4, 0.5) is 0 Å². The van der Waals surface area contributed by atoms with E-state index in [9.17, 15) is 0 Å². The molecule has 1 aromatic heterocycles. The number of aromatic nitrogens is 4. The molecule has 1 N–H and O–H groups in total. The van der Waals surface area contributed by atoms with E-state index in [1.807, 2.05) is 0 Å². The van der Waals surface area contributed by atoms with Crippen molar-refractivity contribution in [1.29, 1.82) is 0 Å². The Balaban J connectivity index is 3.02. The predicted molar refractivity (Wildman–Crippen MR) is 46.7 cm³/mol. The van der Waals surface area contributed by atoms with Gasteiger partial charge in [-0.15, -0.1) is 10.2 Å². The Hall–Kier alpha value is -0.930. The van der Waals surface area contributed by atoms with Gasteiger partial charge in [-0.3, -0.25) is 0 Å². The van der Waals surface area contributed by atoms with Crippen LogP contribution in [-0.4, -0.2) is 20.6 Å². The number of H-pyrrole nitrogens is 1. The van der Waals surface area contributed by atoms with Crippen molar-refractivity contribution >= 4 is 0 Å². The zero-order chi connectivity index (χ0) is 9.41. The molecule has 1 rings (SSSR count). The lowest BCUT2D eigenvalue weighted by molar-refractivity contribution is 0.213. The maximum absolute atomic E-state index is 4.01. The first kappa shape index (κ1) is 9.16. The minimum absolute atomic E-state index is 0.0556. The van der Waals surface area contributed by atoms with E-state index in [1.165, 1.54) is 0 Å². The van der Waals surface area contributed by atoms with Gasteiger partial charge in [-0.05, 0) is 5.41 Å². The fourth-order valence-corrected chi connectivity index (χ4v) is 0.762. The van der Waals surface area contributed by atoms with Gasteiger partial charge in [0.05, 0.1) is 0 Å². The van der Waals surface area contributed by atoms with Crippen molar-refractivity contribution in [3.05, 3.63) is 5.82 Å². The zero-order valence-corrected chi connectivity index (χ0v) is 8.34. The summed E-state index contributed by atoms with van der Waals surface area (Å²) in [7, 11) is 0. The van der Waals surface area contributed by atoms with Crippen LogP contribution in [0.25, 0.3) is 0 Å². The largest absolute Gasteiger partial charge is 0.180 e. The summed E-state index contributed by atoms with van der Waals surface area (Å²) in [6.07, 6.45) is 0. The van der Waals surface area contributed by atoms with Gasteiger partial charge < -0.3 is 0 Å². The molecule has 0 aliphatic rings. The van der Waals surface area contributed by atoms with E-state index < -0.39 is 0 Å². The van der Waals surface area contributed by atoms with Gasteiger partial charge in [-0.2, -0.15) is 5.21 Å². The Kier molecular flexibility index (Phi) is 1.94. The SMILES string of the molecule is CC(C)(C)C(C)(C)c1nn[nH]n1. The zero-order valence-electron chi connectivity index (χ0n) is 8.34. The van der Waals surface area contributed by atoms with E-state index in [-0.39, 0.29) is 10.8 Å². The number of nitrogens with one attached hydrogen (secondary N) is 1. The van der Waals surface area contributed by atoms with E-state index >= 15 is 0 Å². The lowest BCUT2D eigenvalue weighted by Gasteiger charge is -2.35. The van der Waals surface area contributed by atoms with Gasteiger partial charge >= 0.3 is 0 Å². The van der Waals surface area contributed by atoms with Gasteiger partial charge in [0.25, 0.3) is 0 Å². The summed E-state index contributed by atoms with van der Waals surface area (Å²) < 4.78 is 0. The summed E-state index contributed by atoms with van der Waals surface area (Å²) in [5.41, 5.74) is 0.0802. The van der Waals surface area contributed by atoms with Crippen molar-refractivity contribution in [3.8, 4) is 0 Å². The Morgan fingerprint density at radius 3 is 2.00 bits per heavy atom. The van der Waals surface area contributed by atoms with Crippen molar-refractivity contribution in [2.75, 3.05) is 0 Å². The van der Waals surface area contributed by atoms with Crippen molar-refractivity contribution in [2.24, 2.45) is 5.41 Å². The smallest absolute Gasteiger partial charge is 0.177 e. The molecule has 0 atom stereocenters. The van der Waals surface area contributed by atoms with Gasteiger partial charge in [0.15, 0.2) is 5.82 Å². The standard InChI is InChI=1S/C8H16N4/c1-7(2,3)8(4,5)6-9-11-12-10-6/h1-5H3,(H,9,10,11,12). The highest BCUT2D eigenvalue weighted by atomic mass is 15.5. The van der Waals surface area contributed by atoms with Crippen molar-refractivity contribution in [3.63, 3.8) is 0 Å². The van der Waals surface area contributed by atoms with Crippen LogP contribution in [0.15, 0.2) is 0 Å². The van der Waals surface area contributed by atoms with Crippen LogP contribution < -0.4 is 0 Å². The number of nitrogens with zero attached hydrogens (tertiary/aromatic N) is 3. The van der Waals surface area contributed by atoms with Crippen LogP contribution in [0.3, 0.4) is 0 Å². The molecule has 0 saturated heterocycles. The monoisotopic (exact) mass is 168 g/mol. The van der Waals surface area contributed by atoms with E-state index in [0.717, 1.165) is 5.82 Å². The molecular weight excluding hydrogens is 152 g/mol. The van der Waals surface area contributed by atoms with Crippen LogP contribution in [-0.2, 0) is 5.41 Å². The van der Waals surface area contributed by atoms with Crippen LogP contribution in [0.1, 0.15) is 40.4 Å². The molecule has 1 aromatic rings. The first-order chi connectivity index (χ1) is 5.36. The molecule has 12 heavy (non-hydrogen) atoms. The lowest BCUT2D eigenvalue weighted by atomic mass is 9.69. The molecule has 0 aromatic carbocycles. The molecular formula is C8H16N4. The second kappa shape index (κ2) is 2.54. The molecule has 1 heterocycles. The number of hydrogen-bond donors (Lipinski definition) is 1. The lowest BCUT2D eigenvalue weighted by Crippen LogP contribution is -2.35. The minimum Gasteiger partial charge on any atom is -0.177 e. The van der Waals surface area contributed by atoms with Gasteiger partial charge in [0, 0.05) is 5.41 Å². The van der Waals surface area contributed by atoms with Crippen LogP contribution in [0, 0.1) is 5.41 Å². The average molecular weight is 168 g/mol. The maximum Gasteiger partial charge on any atom is 0.180 e. The highest BCUT2D eigenvalue weighted by Gasteiger charge is 2.37. The Morgan fingerprint density at radius 2 is 1.67 bits per heavy atom. The van der Waals surface area contributed by atoms with E-state index in [1.54, 1.807) is 0 Å². The summed E-state index contributed by atoms with van der Waals surface area (Å²) in [6.45, 7) is 10.8. The predicted octanol–water partition coefficient (Wildman–Crippen LogP) is 1.52. The summed E-state index contributed by atoms with van der Waals surface area (Å²) in [5, 5.41) is 14.1. The van der Waals surface area contributed by atoms with Gasteiger partial charge in [-0.25, -0.2) is 0 Å². The first-order valence-corrected chi connectivity index (χ1v) is 4.09. The molecule has 0 bridgehead atoms. The van der Waals surface area contributed by atoms with E-state index in [2.05, 4.69) is 55.2 Å². The molecule has 4 heteroatoms. The average Bonchev–Trinajstić information content (AvgIpc) is 2.34. The third-order valence-corrected chi connectivity index (χ3v) is 2.78. The van der Waals surface area contributed by atoms with Gasteiger partial charge in [-0.1, -0.05) is 39.8 Å². The maximum atomic E-state index is 4.01. The highest BCUT2D eigenvalue weighted by molar-refractivity contribution is 5.05. The van der Waals surface area contributed by atoms with Crippen molar-refractivity contribution < 1.29 is 0 Å². The molecule has 0 aliphatic carbocycles. The molecule has 68 valence electrons. The number of tetrazole rings is 1. The summed E-state index contributed by atoms with van der Waals surface area (Å²) in [5.74, 6) is 0.773. The highest BCUT2D eigenvalue weighted by Crippen LogP contribution is 2.38. The number of rotatable bonds is 1.